The molecule has 0 spiro atoms. The Bertz CT molecular complexity index is 163. The van der Waals surface area contributed by atoms with Crippen LogP contribution in [0.25, 0.3) is 0 Å². The lowest BCUT2D eigenvalue weighted by atomic mass is 9.88. The van der Waals surface area contributed by atoms with Crippen molar-refractivity contribution < 1.29 is 5.11 Å². The van der Waals surface area contributed by atoms with E-state index < -0.39 is 0 Å². The summed E-state index contributed by atoms with van der Waals surface area (Å²) in [6.07, 6.45) is 4.57. The first kappa shape index (κ1) is 8.52. The van der Waals surface area contributed by atoms with Crippen LogP contribution in [0.4, 0.5) is 0 Å². The van der Waals surface area contributed by atoms with Gasteiger partial charge in [0.05, 0.1) is 5.60 Å². The topological polar surface area (TPSA) is 23.5 Å². The molecule has 70 valence electrons. The first-order valence-corrected chi connectivity index (χ1v) is 5.10. The van der Waals surface area contributed by atoms with E-state index >= 15 is 0 Å². The summed E-state index contributed by atoms with van der Waals surface area (Å²) in [5.74, 6) is 0. The average molecular weight is 169 g/mol. The van der Waals surface area contributed by atoms with Crippen molar-refractivity contribution in [2.75, 3.05) is 6.54 Å². The van der Waals surface area contributed by atoms with Crippen LogP contribution in [-0.4, -0.2) is 34.2 Å². The standard InChI is InChI=1S/C10H19NO/c1-3-11-8-4-5-9(11)7-10(2,12)6-8/h8-9,12H,3-7H2,1-2H3. The second-order valence-electron chi connectivity index (χ2n) is 4.62. The van der Waals surface area contributed by atoms with E-state index in [1.807, 2.05) is 6.92 Å². The molecule has 2 bridgehead atoms. The third-order valence-electron chi connectivity index (χ3n) is 3.49. The van der Waals surface area contributed by atoms with Gasteiger partial charge in [-0.25, -0.2) is 0 Å². The van der Waals surface area contributed by atoms with Crippen LogP contribution < -0.4 is 0 Å². The zero-order valence-corrected chi connectivity index (χ0v) is 8.08. The van der Waals surface area contributed by atoms with Gasteiger partial charge in [0.25, 0.3) is 0 Å². The first-order chi connectivity index (χ1) is 5.62. The Labute approximate surface area is 74.6 Å². The van der Waals surface area contributed by atoms with Gasteiger partial charge in [-0.2, -0.15) is 0 Å². The van der Waals surface area contributed by atoms with Crippen molar-refractivity contribution in [1.82, 2.24) is 4.90 Å². The zero-order chi connectivity index (χ0) is 8.77. The molecular weight excluding hydrogens is 150 g/mol. The third-order valence-corrected chi connectivity index (χ3v) is 3.49. The Kier molecular flexibility index (Phi) is 1.92. The first-order valence-electron chi connectivity index (χ1n) is 5.10. The summed E-state index contributed by atoms with van der Waals surface area (Å²) >= 11 is 0. The number of nitrogens with zero attached hydrogens (tertiary/aromatic N) is 1. The van der Waals surface area contributed by atoms with Gasteiger partial charge in [0, 0.05) is 12.1 Å². The Morgan fingerprint density at radius 2 is 1.83 bits per heavy atom. The van der Waals surface area contributed by atoms with Crippen LogP contribution in [0.2, 0.25) is 0 Å². The molecule has 2 fully saturated rings. The Hall–Kier alpha value is -0.0800. The maximum absolute atomic E-state index is 9.94. The highest BCUT2D eigenvalue weighted by molar-refractivity contribution is 4.99. The van der Waals surface area contributed by atoms with Crippen LogP contribution >= 0.6 is 0 Å². The summed E-state index contributed by atoms with van der Waals surface area (Å²) in [7, 11) is 0. The molecule has 2 atom stereocenters. The highest BCUT2D eigenvalue weighted by Gasteiger charge is 2.44. The Balaban J connectivity index is 2.11. The summed E-state index contributed by atoms with van der Waals surface area (Å²) in [4.78, 5) is 2.57. The maximum Gasteiger partial charge on any atom is 0.0649 e. The van der Waals surface area contributed by atoms with Crippen LogP contribution in [-0.2, 0) is 0 Å². The van der Waals surface area contributed by atoms with Gasteiger partial charge >= 0.3 is 0 Å². The van der Waals surface area contributed by atoms with Crippen molar-refractivity contribution in [1.29, 1.82) is 0 Å². The summed E-state index contributed by atoms with van der Waals surface area (Å²) in [6, 6.07) is 1.34. The molecule has 12 heavy (non-hydrogen) atoms. The number of hydrogen-bond acceptors (Lipinski definition) is 2. The molecule has 0 aliphatic carbocycles. The van der Waals surface area contributed by atoms with E-state index in [0.29, 0.717) is 12.1 Å². The zero-order valence-electron chi connectivity index (χ0n) is 8.08. The predicted octanol–water partition coefficient (Wildman–Crippen LogP) is 1.38. The van der Waals surface area contributed by atoms with Crippen LogP contribution in [0.3, 0.4) is 0 Å². The minimum absolute atomic E-state index is 0.377. The van der Waals surface area contributed by atoms with Crippen molar-refractivity contribution in [2.45, 2.75) is 57.2 Å². The van der Waals surface area contributed by atoms with Crippen LogP contribution in [0.1, 0.15) is 39.5 Å². The molecule has 2 aliphatic rings. The lowest BCUT2D eigenvalue weighted by Crippen LogP contribution is -2.49. The molecule has 2 heterocycles. The normalized spacial score (nSPS) is 48.2. The van der Waals surface area contributed by atoms with Gasteiger partial charge < -0.3 is 5.11 Å². The van der Waals surface area contributed by atoms with E-state index in [-0.39, 0.29) is 5.60 Å². The van der Waals surface area contributed by atoms with E-state index in [1.54, 1.807) is 0 Å². The molecular formula is C10H19NO. The van der Waals surface area contributed by atoms with Crippen LogP contribution in [0.5, 0.6) is 0 Å². The SMILES string of the molecule is CCN1C2CCC1CC(C)(O)C2. The van der Waals surface area contributed by atoms with E-state index in [4.69, 9.17) is 0 Å². The molecule has 0 aromatic heterocycles. The fraction of sp³-hybridized carbons (Fsp3) is 1.00. The third kappa shape index (κ3) is 1.27. The van der Waals surface area contributed by atoms with Crippen molar-refractivity contribution in [3.63, 3.8) is 0 Å². The molecule has 0 aromatic carbocycles. The molecule has 2 nitrogen and oxygen atoms in total. The minimum Gasteiger partial charge on any atom is -0.390 e. The molecule has 2 heteroatoms. The van der Waals surface area contributed by atoms with Gasteiger partial charge in [0.15, 0.2) is 0 Å². The van der Waals surface area contributed by atoms with Gasteiger partial charge in [-0.15, -0.1) is 0 Å². The van der Waals surface area contributed by atoms with Crippen LogP contribution in [0, 0.1) is 0 Å². The maximum atomic E-state index is 9.94. The lowest BCUT2D eigenvalue weighted by Gasteiger charge is -2.41. The highest BCUT2D eigenvalue weighted by atomic mass is 16.3. The van der Waals surface area contributed by atoms with E-state index in [2.05, 4.69) is 11.8 Å². The second-order valence-corrected chi connectivity index (χ2v) is 4.62. The molecule has 1 N–H and O–H groups in total. The number of piperidine rings is 1. The molecule has 2 aliphatic heterocycles. The van der Waals surface area contributed by atoms with E-state index in [0.717, 1.165) is 19.4 Å². The number of fused-ring (bicyclic) bond motifs is 2. The summed E-state index contributed by atoms with van der Waals surface area (Å²) in [5, 5.41) is 9.94. The summed E-state index contributed by atoms with van der Waals surface area (Å²) in [5.41, 5.74) is -0.377. The highest BCUT2D eigenvalue weighted by Crippen LogP contribution is 2.39. The predicted molar refractivity (Wildman–Crippen MR) is 49.0 cm³/mol. The fourth-order valence-electron chi connectivity index (χ4n) is 3.07. The van der Waals surface area contributed by atoms with Gasteiger partial charge in [-0.3, -0.25) is 4.90 Å². The molecule has 0 saturated carbocycles. The Morgan fingerprint density at radius 1 is 1.33 bits per heavy atom. The fourth-order valence-corrected chi connectivity index (χ4v) is 3.07. The second kappa shape index (κ2) is 2.71. The number of hydrogen-bond donors (Lipinski definition) is 1. The summed E-state index contributed by atoms with van der Waals surface area (Å²) in [6.45, 7) is 5.38. The smallest absolute Gasteiger partial charge is 0.0649 e. The number of rotatable bonds is 1. The molecule has 2 unspecified atom stereocenters. The quantitative estimate of drug-likeness (QED) is 0.641. The van der Waals surface area contributed by atoms with E-state index in [9.17, 15) is 5.11 Å². The lowest BCUT2D eigenvalue weighted by molar-refractivity contribution is -0.0365. The molecule has 2 saturated heterocycles. The monoisotopic (exact) mass is 169 g/mol. The van der Waals surface area contributed by atoms with Crippen molar-refractivity contribution in [3.8, 4) is 0 Å². The van der Waals surface area contributed by atoms with Crippen molar-refractivity contribution in [3.05, 3.63) is 0 Å². The van der Waals surface area contributed by atoms with Gasteiger partial charge in [-0.1, -0.05) is 6.92 Å². The van der Waals surface area contributed by atoms with Gasteiger partial charge in [0.1, 0.15) is 0 Å². The Morgan fingerprint density at radius 3 is 2.25 bits per heavy atom. The molecule has 2 rings (SSSR count). The van der Waals surface area contributed by atoms with Crippen molar-refractivity contribution in [2.24, 2.45) is 0 Å². The van der Waals surface area contributed by atoms with Crippen LogP contribution in [0.15, 0.2) is 0 Å². The summed E-state index contributed by atoms with van der Waals surface area (Å²) < 4.78 is 0. The largest absolute Gasteiger partial charge is 0.390 e. The molecule has 0 amide bonds. The number of aliphatic hydroxyl groups is 1. The van der Waals surface area contributed by atoms with Gasteiger partial charge in [-0.05, 0) is 39.2 Å². The van der Waals surface area contributed by atoms with Crippen molar-refractivity contribution >= 4 is 0 Å². The molecule has 0 aromatic rings. The van der Waals surface area contributed by atoms with E-state index in [1.165, 1.54) is 12.8 Å². The van der Waals surface area contributed by atoms with Gasteiger partial charge in [0.2, 0.25) is 0 Å². The molecule has 0 radical (unpaired) electrons. The average Bonchev–Trinajstić information content (AvgIpc) is 2.23. The minimum atomic E-state index is -0.377.